The number of halogens is 2. The molecule has 0 rings (SSSR count). The summed E-state index contributed by atoms with van der Waals surface area (Å²) in [5, 5.41) is 0. The summed E-state index contributed by atoms with van der Waals surface area (Å²) in [5.41, 5.74) is 0. The minimum Gasteiger partial charge on any atom is -1.00 e. The summed E-state index contributed by atoms with van der Waals surface area (Å²) >= 11 is 0. The SMILES string of the molecule is CCCCCCCC/C=C\CCCCCCCCOCC(C[N+](C)(C)CCC[N+](C)(C)C)OCCCCCCCC/C=C\CCCCCCCC.[Br-].[Br-]. The predicted molar refractivity (Wildman–Crippen MR) is 229 cm³/mol. The van der Waals surface area contributed by atoms with Crippen LogP contribution in [0.2, 0.25) is 0 Å². The van der Waals surface area contributed by atoms with Crippen LogP contribution in [0, 0.1) is 0 Å². The Balaban J connectivity index is -0.0000125. The van der Waals surface area contributed by atoms with Crippen LogP contribution in [0.3, 0.4) is 0 Å². The highest BCUT2D eigenvalue weighted by Gasteiger charge is 2.24. The molecular weight excluding hydrogens is 784 g/mol. The second-order valence-corrected chi connectivity index (χ2v) is 17.7. The number of likely N-dealkylation sites (N-methyl/N-ethyl adjacent to an activating group) is 1. The van der Waals surface area contributed by atoms with Gasteiger partial charge in [-0.1, -0.05) is 154 Å². The molecule has 0 aliphatic carbocycles. The summed E-state index contributed by atoms with van der Waals surface area (Å²) in [4.78, 5) is 0. The van der Waals surface area contributed by atoms with Gasteiger partial charge in [0.05, 0.1) is 54.9 Å². The topological polar surface area (TPSA) is 18.5 Å². The Morgan fingerprint density at radius 3 is 1.17 bits per heavy atom. The molecule has 0 aliphatic rings. The van der Waals surface area contributed by atoms with Crippen LogP contribution < -0.4 is 34.0 Å². The summed E-state index contributed by atoms with van der Waals surface area (Å²) in [6.45, 7) is 10.5. The van der Waals surface area contributed by atoms with Crippen LogP contribution in [0.25, 0.3) is 0 Å². The molecule has 0 saturated heterocycles. The van der Waals surface area contributed by atoms with E-state index in [0.717, 1.165) is 35.3 Å². The maximum Gasteiger partial charge on any atom is 0.130 e. The van der Waals surface area contributed by atoms with Gasteiger partial charge in [0.15, 0.2) is 0 Å². The van der Waals surface area contributed by atoms with E-state index in [9.17, 15) is 0 Å². The third-order valence-corrected chi connectivity index (χ3v) is 10.4. The van der Waals surface area contributed by atoms with Crippen molar-refractivity contribution in [1.82, 2.24) is 0 Å². The first-order chi connectivity index (χ1) is 24.7. The molecule has 0 aromatic heterocycles. The highest BCUT2D eigenvalue weighted by molar-refractivity contribution is 4.82. The first-order valence-electron chi connectivity index (χ1n) is 22.8. The van der Waals surface area contributed by atoms with Crippen molar-refractivity contribution in [2.45, 2.75) is 206 Å². The van der Waals surface area contributed by atoms with Crippen molar-refractivity contribution in [2.24, 2.45) is 0 Å². The van der Waals surface area contributed by atoms with Crippen molar-refractivity contribution >= 4 is 0 Å². The molecule has 0 saturated carbocycles. The number of nitrogens with zero attached hydrogens (tertiary/aromatic N) is 2. The van der Waals surface area contributed by atoms with E-state index in [4.69, 9.17) is 9.47 Å². The van der Waals surface area contributed by atoms with Gasteiger partial charge in [-0.25, -0.2) is 0 Å². The van der Waals surface area contributed by atoms with E-state index >= 15 is 0 Å². The van der Waals surface area contributed by atoms with E-state index in [-0.39, 0.29) is 40.1 Å². The van der Waals surface area contributed by atoms with E-state index in [2.05, 4.69) is 73.4 Å². The van der Waals surface area contributed by atoms with Crippen molar-refractivity contribution in [3.05, 3.63) is 24.3 Å². The molecule has 0 fully saturated rings. The standard InChI is InChI=1S/C47H96N2O2.2BrH/c1-8-10-12-14-16-18-20-22-24-26-28-30-32-34-36-38-43-50-46-47(45-49(6,7)42-40-41-48(3,4)5)51-44-39-37-35-33-31-29-27-25-23-21-19-17-15-13-11-9-2;;/h22-25,47H,8-21,26-46H2,1-7H3;2*1H/q+2;;/p-2/b24-22-,25-23-;;. The second-order valence-electron chi connectivity index (χ2n) is 17.7. The molecule has 0 spiro atoms. The summed E-state index contributed by atoms with van der Waals surface area (Å²) in [5.74, 6) is 0. The maximum absolute atomic E-state index is 6.52. The van der Waals surface area contributed by atoms with E-state index in [1.807, 2.05) is 0 Å². The smallest absolute Gasteiger partial charge is 0.130 e. The normalized spacial score (nSPS) is 12.8. The maximum atomic E-state index is 6.52. The molecule has 0 heterocycles. The number of ether oxygens (including phenoxy) is 2. The van der Waals surface area contributed by atoms with Crippen LogP contribution in [0.4, 0.5) is 0 Å². The lowest BCUT2D eigenvalue weighted by molar-refractivity contribution is -0.904. The highest BCUT2D eigenvalue weighted by Crippen LogP contribution is 2.13. The largest absolute Gasteiger partial charge is 1.00 e. The lowest BCUT2D eigenvalue weighted by Gasteiger charge is -2.34. The fraction of sp³-hybridized carbons (Fsp3) is 0.915. The Morgan fingerprint density at radius 1 is 0.415 bits per heavy atom. The molecule has 4 nitrogen and oxygen atoms in total. The lowest BCUT2D eigenvalue weighted by Crippen LogP contribution is -3.00. The number of hydrogen-bond acceptors (Lipinski definition) is 2. The number of quaternary nitrogens is 2. The molecule has 6 heteroatoms. The van der Waals surface area contributed by atoms with Crippen molar-refractivity contribution < 1.29 is 52.4 Å². The van der Waals surface area contributed by atoms with Crippen LogP contribution in [-0.4, -0.2) is 89.8 Å². The Morgan fingerprint density at radius 2 is 0.774 bits per heavy atom. The monoisotopic (exact) mass is 879 g/mol. The molecule has 0 aliphatic heterocycles. The van der Waals surface area contributed by atoms with Gasteiger partial charge in [-0.2, -0.15) is 0 Å². The molecule has 0 N–H and O–H groups in total. The molecule has 0 aromatic carbocycles. The third-order valence-electron chi connectivity index (χ3n) is 10.4. The van der Waals surface area contributed by atoms with Crippen molar-refractivity contribution in [3.8, 4) is 0 Å². The first kappa shape index (κ1) is 57.6. The summed E-state index contributed by atoms with van der Waals surface area (Å²) in [6.07, 6.45) is 48.8. The highest BCUT2D eigenvalue weighted by atomic mass is 79.9. The van der Waals surface area contributed by atoms with Gasteiger partial charge in [-0.05, 0) is 64.2 Å². The summed E-state index contributed by atoms with van der Waals surface area (Å²) < 4.78 is 14.8. The average molecular weight is 881 g/mol. The van der Waals surface area contributed by atoms with Gasteiger partial charge in [-0.3, -0.25) is 0 Å². The van der Waals surface area contributed by atoms with Gasteiger partial charge in [0, 0.05) is 19.6 Å². The molecule has 1 atom stereocenters. The Hall–Kier alpha value is 0.280. The van der Waals surface area contributed by atoms with Gasteiger partial charge in [-0.15, -0.1) is 0 Å². The summed E-state index contributed by atoms with van der Waals surface area (Å²) in [7, 11) is 11.6. The molecule has 0 radical (unpaired) electrons. The minimum atomic E-state index is 0. The van der Waals surface area contributed by atoms with E-state index < -0.39 is 0 Å². The van der Waals surface area contributed by atoms with Gasteiger partial charge >= 0.3 is 0 Å². The van der Waals surface area contributed by atoms with Crippen LogP contribution >= 0.6 is 0 Å². The molecule has 53 heavy (non-hydrogen) atoms. The van der Waals surface area contributed by atoms with Crippen molar-refractivity contribution in [3.63, 3.8) is 0 Å². The second kappa shape index (κ2) is 43.4. The number of rotatable bonds is 41. The minimum absolute atomic E-state index is 0. The van der Waals surface area contributed by atoms with E-state index in [1.165, 1.54) is 199 Å². The Bertz CT molecular complexity index is 753. The molecular formula is C47H96Br2N2O2. The molecule has 0 bridgehead atoms. The van der Waals surface area contributed by atoms with Gasteiger partial charge in [0.25, 0.3) is 0 Å². The molecule has 320 valence electrons. The van der Waals surface area contributed by atoms with Crippen LogP contribution in [0.1, 0.15) is 200 Å². The predicted octanol–water partition coefficient (Wildman–Crippen LogP) is 7.64. The average Bonchev–Trinajstić information content (AvgIpc) is 3.08. The van der Waals surface area contributed by atoms with Gasteiger partial charge < -0.3 is 52.4 Å². The van der Waals surface area contributed by atoms with Crippen LogP contribution in [0.15, 0.2) is 24.3 Å². The fourth-order valence-electron chi connectivity index (χ4n) is 7.04. The van der Waals surface area contributed by atoms with Crippen molar-refractivity contribution in [1.29, 1.82) is 0 Å². The third kappa shape index (κ3) is 48.4. The van der Waals surface area contributed by atoms with Crippen molar-refractivity contribution in [2.75, 3.05) is 74.7 Å². The first-order valence-corrected chi connectivity index (χ1v) is 22.8. The molecule has 0 aromatic rings. The zero-order chi connectivity index (χ0) is 37.6. The molecule has 0 amide bonds. The zero-order valence-corrected chi connectivity index (χ0v) is 40.3. The Kier molecular flexibility index (Phi) is 47.2. The van der Waals surface area contributed by atoms with Crippen LogP contribution in [0.5, 0.6) is 0 Å². The van der Waals surface area contributed by atoms with Crippen LogP contribution in [-0.2, 0) is 9.47 Å². The number of unbranched alkanes of at least 4 members (excludes halogenated alkanes) is 24. The number of allylic oxidation sites excluding steroid dienone is 4. The lowest BCUT2D eigenvalue weighted by atomic mass is 10.1. The van der Waals surface area contributed by atoms with E-state index in [0.29, 0.717) is 0 Å². The number of hydrogen-bond donors (Lipinski definition) is 0. The summed E-state index contributed by atoms with van der Waals surface area (Å²) in [6, 6.07) is 0. The Labute approximate surface area is 355 Å². The van der Waals surface area contributed by atoms with Gasteiger partial charge in [0.2, 0.25) is 0 Å². The fourth-order valence-corrected chi connectivity index (χ4v) is 7.04. The van der Waals surface area contributed by atoms with E-state index in [1.54, 1.807) is 0 Å². The quantitative estimate of drug-likeness (QED) is 0.0358. The van der Waals surface area contributed by atoms with Gasteiger partial charge in [0.1, 0.15) is 12.6 Å². The molecule has 1 unspecified atom stereocenters. The zero-order valence-electron chi connectivity index (χ0n) is 37.1.